The van der Waals surface area contributed by atoms with Gasteiger partial charge in [0.15, 0.2) is 0 Å². The van der Waals surface area contributed by atoms with Gasteiger partial charge in [0.05, 0.1) is 24.5 Å². The zero-order valence-corrected chi connectivity index (χ0v) is 18.1. The highest BCUT2D eigenvalue weighted by Crippen LogP contribution is 2.30. The zero-order valence-electron chi connectivity index (χ0n) is 18.1. The van der Waals surface area contributed by atoms with Gasteiger partial charge in [0.2, 0.25) is 5.91 Å². The molecular weight excluding hydrogens is 382 g/mol. The summed E-state index contributed by atoms with van der Waals surface area (Å²) in [5.74, 6) is -0.333. The molecule has 0 atom stereocenters. The van der Waals surface area contributed by atoms with Crippen molar-refractivity contribution in [3.8, 4) is 0 Å². The summed E-state index contributed by atoms with van der Waals surface area (Å²) in [6.45, 7) is 8.64. The molecule has 2 saturated heterocycles. The summed E-state index contributed by atoms with van der Waals surface area (Å²) in [5.41, 5.74) is 1.56. The number of hydrogen-bond acceptors (Lipinski definition) is 5. The lowest BCUT2D eigenvalue weighted by molar-refractivity contribution is -0.116. The standard InChI is InChI=1S/C23H35N3O4/c1-2-3-4-22(27)24-19-5-6-21(20(17-19)23(28)29)26-11-8-18(9-12-26)7-10-25-13-15-30-16-14-25/h5-6,17-18H,2-4,7-16H2,1H3,(H,24,27)(H,28,29). The maximum absolute atomic E-state index is 12.0. The topological polar surface area (TPSA) is 82.1 Å². The Kier molecular flexibility index (Phi) is 8.51. The molecule has 1 aromatic carbocycles. The molecule has 7 nitrogen and oxygen atoms in total. The van der Waals surface area contributed by atoms with E-state index in [1.807, 2.05) is 19.1 Å². The number of rotatable bonds is 9. The molecule has 2 fully saturated rings. The van der Waals surface area contributed by atoms with E-state index in [1.165, 1.54) is 6.42 Å². The molecule has 166 valence electrons. The van der Waals surface area contributed by atoms with E-state index in [2.05, 4.69) is 15.1 Å². The van der Waals surface area contributed by atoms with Crippen molar-refractivity contribution in [2.75, 3.05) is 56.2 Å². The van der Waals surface area contributed by atoms with E-state index in [1.54, 1.807) is 6.07 Å². The average Bonchev–Trinajstić information content (AvgIpc) is 2.77. The number of ether oxygens (including phenoxy) is 1. The van der Waals surface area contributed by atoms with Gasteiger partial charge in [0.25, 0.3) is 0 Å². The second-order valence-electron chi connectivity index (χ2n) is 8.36. The summed E-state index contributed by atoms with van der Waals surface area (Å²) in [6, 6.07) is 5.25. The summed E-state index contributed by atoms with van der Waals surface area (Å²) in [6.07, 6.45) is 5.60. The Bertz CT molecular complexity index is 710. The maximum Gasteiger partial charge on any atom is 0.337 e. The predicted octanol–water partition coefficient (Wildman–Crippen LogP) is 3.45. The fourth-order valence-electron chi connectivity index (χ4n) is 4.27. The molecule has 7 heteroatoms. The Labute approximate surface area is 179 Å². The molecule has 0 aromatic heterocycles. The molecule has 1 aromatic rings. The molecule has 0 aliphatic carbocycles. The van der Waals surface area contributed by atoms with E-state index in [-0.39, 0.29) is 11.5 Å². The Morgan fingerprint density at radius 1 is 1.17 bits per heavy atom. The molecule has 2 aliphatic rings. The molecule has 0 unspecified atom stereocenters. The third kappa shape index (κ3) is 6.44. The van der Waals surface area contributed by atoms with E-state index >= 15 is 0 Å². The highest BCUT2D eigenvalue weighted by Gasteiger charge is 2.24. The number of anilines is 2. The Balaban J connectivity index is 1.55. The largest absolute Gasteiger partial charge is 0.478 e. The summed E-state index contributed by atoms with van der Waals surface area (Å²) < 4.78 is 5.41. The van der Waals surface area contributed by atoms with Crippen LogP contribution in [-0.2, 0) is 9.53 Å². The first-order valence-corrected chi connectivity index (χ1v) is 11.3. The molecule has 2 aliphatic heterocycles. The second-order valence-corrected chi connectivity index (χ2v) is 8.36. The van der Waals surface area contributed by atoms with Gasteiger partial charge in [-0.1, -0.05) is 13.3 Å². The van der Waals surface area contributed by atoms with Crippen molar-refractivity contribution in [3.05, 3.63) is 23.8 Å². The van der Waals surface area contributed by atoms with Crippen LogP contribution in [0.5, 0.6) is 0 Å². The lowest BCUT2D eigenvalue weighted by Gasteiger charge is -2.35. The Morgan fingerprint density at radius 2 is 1.90 bits per heavy atom. The number of amides is 1. The maximum atomic E-state index is 12.0. The third-order valence-corrected chi connectivity index (χ3v) is 6.18. The number of nitrogens with zero attached hydrogens (tertiary/aromatic N) is 2. The minimum atomic E-state index is -0.955. The van der Waals surface area contributed by atoms with Crippen LogP contribution in [0.1, 0.15) is 55.8 Å². The molecule has 2 N–H and O–H groups in total. The van der Waals surface area contributed by atoms with Crippen molar-refractivity contribution in [3.63, 3.8) is 0 Å². The summed E-state index contributed by atoms with van der Waals surface area (Å²) in [4.78, 5) is 28.5. The molecule has 0 spiro atoms. The predicted molar refractivity (Wildman–Crippen MR) is 118 cm³/mol. The number of carbonyl (C=O) groups is 2. The SMILES string of the molecule is CCCCC(=O)Nc1ccc(N2CCC(CCN3CCOCC3)CC2)c(C(=O)O)c1. The second kappa shape index (κ2) is 11.3. The average molecular weight is 418 g/mol. The number of morpholine rings is 1. The van der Waals surface area contributed by atoms with Gasteiger partial charge in [0, 0.05) is 38.3 Å². The van der Waals surface area contributed by atoms with Gasteiger partial charge in [0.1, 0.15) is 0 Å². The number of piperidine rings is 1. The Morgan fingerprint density at radius 3 is 2.57 bits per heavy atom. The first kappa shape index (κ1) is 22.6. The first-order chi connectivity index (χ1) is 14.6. The summed E-state index contributed by atoms with van der Waals surface area (Å²) in [5, 5.41) is 12.5. The van der Waals surface area contributed by atoms with E-state index in [0.717, 1.165) is 77.3 Å². The number of hydrogen-bond donors (Lipinski definition) is 2. The van der Waals surface area contributed by atoms with Crippen LogP contribution in [0.2, 0.25) is 0 Å². The number of nitrogens with one attached hydrogen (secondary N) is 1. The van der Waals surface area contributed by atoms with Crippen molar-refractivity contribution in [2.24, 2.45) is 5.92 Å². The highest BCUT2D eigenvalue weighted by atomic mass is 16.5. The van der Waals surface area contributed by atoms with Crippen LogP contribution in [-0.4, -0.2) is 67.8 Å². The number of benzene rings is 1. The number of carboxylic acid groups (broad SMARTS) is 1. The quantitative estimate of drug-likeness (QED) is 0.640. The molecule has 3 rings (SSSR count). The van der Waals surface area contributed by atoms with Gasteiger partial charge in [-0.3, -0.25) is 9.69 Å². The number of aromatic carboxylic acids is 1. The van der Waals surface area contributed by atoms with Gasteiger partial charge in [-0.25, -0.2) is 4.79 Å². The van der Waals surface area contributed by atoms with Crippen LogP contribution in [0.4, 0.5) is 11.4 Å². The monoisotopic (exact) mass is 417 g/mol. The lowest BCUT2D eigenvalue weighted by Crippen LogP contribution is -2.39. The summed E-state index contributed by atoms with van der Waals surface area (Å²) >= 11 is 0. The third-order valence-electron chi connectivity index (χ3n) is 6.18. The van der Waals surface area contributed by atoms with Crippen molar-refractivity contribution in [2.45, 2.75) is 45.4 Å². The van der Waals surface area contributed by atoms with Crippen molar-refractivity contribution < 1.29 is 19.4 Å². The van der Waals surface area contributed by atoms with Crippen LogP contribution in [0, 0.1) is 5.92 Å². The van der Waals surface area contributed by atoms with Crippen LogP contribution >= 0.6 is 0 Å². The van der Waals surface area contributed by atoms with Gasteiger partial charge in [-0.2, -0.15) is 0 Å². The van der Waals surface area contributed by atoms with Crippen LogP contribution in [0.3, 0.4) is 0 Å². The van der Waals surface area contributed by atoms with E-state index in [0.29, 0.717) is 18.0 Å². The number of carboxylic acids is 1. The molecule has 0 bridgehead atoms. The minimum Gasteiger partial charge on any atom is -0.478 e. The smallest absolute Gasteiger partial charge is 0.337 e. The molecule has 2 heterocycles. The van der Waals surface area contributed by atoms with Crippen LogP contribution in [0.25, 0.3) is 0 Å². The lowest BCUT2D eigenvalue weighted by atomic mass is 9.92. The van der Waals surface area contributed by atoms with Gasteiger partial charge < -0.3 is 20.1 Å². The van der Waals surface area contributed by atoms with Crippen molar-refractivity contribution in [1.82, 2.24) is 4.90 Å². The van der Waals surface area contributed by atoms with Crippen LogP contribution in [0.15, 0.2) is 18.2 Å². The fourth-order valence-corrected chi connectivity index (χ4v) is 4.27. The Hall–Kier alpha value is -2.12. The van der Waals surface area contributed by atoms with Crippen LogP contribution < -0.4 is 10.2 Å². The minimum absolute atomic E-state index is 0.0676. The van der Waals surface area contributed by atoms with Crippen molar-refractivity contribution >= 4 is 23.3 Å². The van der Waals surface area contributed by atoms with Gasteiger partial charge in [-0.15, -0.1) is 0 Å². The molecular formula is C23H35N3O4. The summed E-state index contributed by atoms with van der Waals surface area (Å²) in [7, 11) is 0. The molecule has 30 heavy (non-hydrogen) atoms. The van der Waals surface area contributed by atoms with E-state index in [4.69, 9.17) is 4.74 Å². The van der Waals surface area contributed by atoms with Gasteiger partial charge in [-0.05, 0) is 56.3 Å². The molecule has 0 radical (unpaired) electrons. The number of carbonyl (C=O) groups excluding carboxylic acids is 1. The first-order valence-electron chi connectivity index (χ1n) is 11.3. The number of unbranched alkanes of at least 4 members (excludes halogenated alkanes) is 1. The van der Waals surface area contributed by atoms with Crippen molar-refractivity contribution in [1.29, 1.82) is 0 Å². The van der Waals surface area contributed by atoms with E-state index < -0.39 is 5.97 Å². The normalized spacial score (nSPS) is 18.4. The highest BCUT2D eigenvalue weighted by molar-refractivity contribution is 5.98. The molecule has 1 amide bonds. The zero-order chi connectivity index (χ0) is 21.3. The fraction of sp³-hybridized carbons (Fsp3) is 0.652. The van der Waals surface area contributed by atoms with Gasteiger partial charge >= 0.3 is 5.97 Å². The van der Waals surface area contributed by atoms with E-state index in [9.17, 15) is 14.7 Å². The molecule has 0 saturated carbocycles.